The van der Waals surface area contributed by atoms with E-state index in [-0.39, 0.29) is 12.7 Å². The van der Waals surface area contributed by atoms with Gasteiger partial charge < -0.3 is 19.5 Å². The van der Waals surface area contributed by atoms with Gasteiger partial charge in [0.25, 0.3) is 0 Å². The number of nitrogens with one attached hydrogen (secondary N) is 2. The van der Waals surface area contributed by atoms with E-state index >= 15 is 0 Å². The quantitative estimate of drug-likeness (QED) is 0.815. The summed E-state index contributed by atoms with van der Waals surface area (Å²) in [6.07, 6.45) is 4.74. The molecule has 8 nitrogen and oxygen atoms in total. The van der Waals surface area contributed by atoms with Crippen LogP contribution in [0.25, 0.3) is 0 Å². The summed E-state index contributed by atoms with van der Waals surface area (Å²) in [7, 11) is 0. The van der Waals surface area contributed by atoms with Crippen molar-refractivity contribution in [3.8, 4) is 0 Å². The van der Waals surface area contributed by atoms with E-state index in [9.17, 15) is 4.79 Å². The van der Waals surface area contributed by atoms with Gasteiger partial charge in [0.05, 0.1) is 5.69 Å². The predicted octanol–water partition coefficient (Wildman–Crippen LogP) is 2.66. The van der Waals surface area contributed by atoms with Crippen molar-refractivity contribution in [1.29, 1.82) is 0 Å². The molecule has 0 atom stereocenters. The van der Waals surface area contributed by atoms with Crippen LogP contribution in [0.5, 0.6) is 0 Å². The van der Waals surface area contributed by atoms with E-state index < -0.39 is 11.7 Å². The number of piperidine rings is 1. The van der Waals surface area contributed by atoms with Gasteiger partial charge >= 0.3 is 6.09 Å². The molecule has 0 spiro atoms. The first kappa shape index (κ1) is 20.0. The van der Waals surface area contributed by atoms with Crippen LogP contribution < -0.4 is 10.6 Å². The first-order valence-electron chi connectivity index (χ1n) is 9.51. The molecule has 2 N–H and O–H groups in total. The zero-order valence-corrected chi connectivity index (χ0v) is 16.5. The average molecular weight is 378 g/mol. The van der Waals surface area contributed by atoms with Gasteiger partial charge in [-0.25, -0.2) is 4.79 Å². The van der Waals surface area contributed by atoms with Crippen molar-refractivity contribution in [3.63, 3.8) is 0 Å². The molecule has 0 saturated carbocycles. The van der Waals surface area contributed by atoms with Gasteiger partial charge in [0, 0.05) is 43.6 Å². The topological polar surface area (TPSA) is 85.0 Å². The van der Waals surface area contributed by atoms with Crippen LogP contribution >= 0.6 is 0 Å². The third-order valence-electron chi connectivity index (χ3n) is 4.56. The van der Waals surface area contributed by atoms with Crippen molar-refractivity contribution >= 4 is 11.8 Å². The third-order valence-corrected chi connectivity index (χ3v) is 4.56. The Kier molecular flexibility index (Phi) is 6.31. The summed E-state index contributed by atoms with van der Waals surface area (Å²) in [4.78, 5) is 18.4. The summed E-state index contributed by atoms with van der Waals surface area (Å²) < 4.78 is 16.4. The number of carbonyl (C=O) groups is 1. The van der Waals surface area contributed by atoms with Crippen molar-refractivity contribution in [2.75, 3.05) is 18.4 Å². The average Bonchev–Trinajstić information content (AvgIpc) is 2.57. The van der Waals surface area contributed by atoms with Crippen LogP contribution in [-0.2, 0) is 20.8 Å². The Bertz CT molecular complexity index is 635. The first-order valence-corrected chi connectivity index (χ1v) is 9.51. The molecule has 0 aromatic carbocycles. The van der Waals surface area contributed by atoms with E-state index in [1.54, 1.807) is 18.5 Å². The molecule has 1 amide bonds. The van der Waals surface area contributed by atoms with E-state index in [0.717, 1.165) is 37.2 Å². The molecule has 2 aliphatic rings. The Morgan fingerprint density at radius 1 is 1.33 bits per heavy atom. The second kappa shape index (κ2) is 8.52. The minimum absolute atomic E-state index is 0.0904. The van der Waals surface area contributed by atoms with Gasteiger partial charge in [-0.2, -0.15) is 0 Å². The highest BCUT2D eigenvalue weighted by molar-refractivity contribution is 5.85. The lowest BCUT2D eigenvalue weighted by atomic mass is 10.0. The number of pyridine rings is 1. The number of hydrogen-bond donors (Lipinski definition) is 2. The van der Waals surface area contributed by atoms with Gasteiger partial charge in [-0.3, -0.25) is 15.2 Å². The summed E-state index contributed by atoms with van der Waals surface area (Å²) >= 11 is 0. The molecule has 8 heteroatoms. The normalized spacial score (nSPS) is 24.3. The van der Waals surface area contributed by atoms with Crippen LogP contribution in [0.3, 0.4) is 0 Å². The standard InChI is InChI=1S/C19H30N4O4/c1-13-25-18(26-13)23-9-6-15(7-10-23)21-12-14-11-20-8-5-16(14)22-17(24)27-19(2,3)4/h5,8,11,13,15,18,21H,6-7,9-10,12H2,1-4H3,(H,20,22,24). The maximum atomic E-state index is 12.0. The lowest BCUT2D eigenvalue weighted by molar-refractivity contribution is -0.424. The Morgan fingerprint density at radius 2 is 2.04 bits per heavy atom. The number of aromatic nitrogens is 1. The number of likely N-dealkylation sites (tertiary alicyclic amines) is 1. The van der Waals surface area contributed by atoms with Crippen LogP contribution in [0.4, 0.5) is 10.5 Å². The Balaban J connectivity index is 1.46. The fourth-order valence-corrected chi connectivity index (χ4v) is 3.18. The summed E-state index contributed by atoms with van der Waals surface area (Å²) in [6, 6.07) is 2.20. The molecule has 0 unspecified atom stereocenters. The molecule has 3 heterocycles. The minimum atomic E-state index is -0.533. The van der Waals surface area contributed by atoms with Crippen LogP contribution in [0.1, 0.15) is 46.1 Å². The highest BCUT2D eigenvalue weighted by atomic mass is 16.9. The molecule has 3 rings (SSSR count). The van der Waals surface area contributed by atoms with E-state index in [4.69, 9.17) is 14.2 Å². The first-order chi connectivity index (χ1) is 12.8. The number of ether oxygens (including phenoxy) is 3. The number of hydrogen-bond acceptors (Lipinski definition) is 7. The van der Waals surface area contributed by atoms with E-state index in [0.29, 0.717) is 12.6 Å². The highest BCUT2D eigenvalue weighted by Crippen LogP contribution is 2.24. The van der Waals surface area contributed by atoms with Crippen molar-refractivity contribution in [3.05, 3.63) is 24.0 Å². The summed E-state index contributed by atoms with van der Waals surface area (Å²) in [5, 5.41) is 6.38. The van der Waals surface area contributed by atoms with Crippen LogP contribution in [0.15, 0.2) is 18.5 Å². The summed E-state index contributed by atoms with van der Waals surface area (Å²) in [6.45, 7) is 9.94. The van der Waals surface area contributed by atoms with E-state index in [1.807, 2.05) is 27.7 Å². The molecule has 2 fully saturated rings. The molecule has 2 saturated heterocycles. The molecule has 0 bridgehead atoms. The van der Waals surface area contributed by atoms with Crippen LogP contribution in [0.2, 0.25) is 0 Å². The number of carbonyl (C=O) groups excluding carboxylic acids is 1. The number of nitrogens with zero attached hydrogens (tertiary/aromatic N) is 2. The van der Waals surface area contributed by atoms with E-state index in [2.05, 4.69) is 20.5 Å². The Labute approximate surface area is 160 Å². The van der Waals surface area contributed by atoms with Gasteiger partial charge in [0.1, 0.15) is 5.60 Å². The Hall–Kier alpha value is -1.74. The molecule has 0 radical (unpaired) electrons. The lowest BCUT2D eigenvalue weighted by Gasteiger charge is -2.44. The second-order valence-corrected chi connectivity index (χ2v) is 8.00. The molecule has 2 aliphatic heterocycles. The molecular weight excluding hydrogens is 348 g/mol. The maximum absolute atomic E-state index is 12.0. The third kappa shape index (κ3) is 5.87. The van der Waals surface area contributed by atoms with Gasteiger partial charge in [0.15, 0.2) is 6.29 Å². The minimum Gasteiger partial charge on any atom is -0.444 e. The molecule has 0 aliphatic carbocycles. The molecule has 1 aromatic heterocycles. The fraction of sp³-hybridized carbons (Fsp3) is 0.684. The highest BCUT2D eigenvalue weighted by Gasteiger charge is 2.34. The lowest BCUT2D eigenvalue weighted by Crippen LogP contribution is -2.55. The van der Waals surface area contributed by atoms with Gasteiger partial charge in [-0.1, -0.05) is 0 Å². The van der Waals surface area contributed by atoms with Gasteiger partial charge in [-0.05, 0) is 46.6 Å². The number of anilines is 1. The van der Waals surface area contributed by atoms with Crippen molar-refractivity contribution in [2.45, 2.75) is 71.4 Å². The second-order valence-electron chi connectivity index (χ2n) is 8.00. The zero-order valence-electron chi connectivity index (χ0n) is 16.5. The summed E-state index contributed by atoms with van der Waals surface area (Å²) in [5.74, 6) is 0. The van der Waals surface area contributed by atoms with Crippen molar-refractivity contribution in [2.24, 2.45) is 0 Å². The smallest absolute Gasteiger partial charge is 0.412 e. The van der Waals surface area contributed by atoms with Crippen LogP contribution in [0, 0.1) is 0 Å². The largest absolute Gasteiger partial charge is 0.444 e. The predicted molar refractivity (Wildman–Crippen MR) is 101 cm³/mol. The Morgan fingerprint density at radius 3 is 2.67 bits per heavy atom. The van der Waals surface area contributed by atoms with Gasteiger partial charge in [-0.15, -0.1) is 0 Å². The zero-order chi connectivity index (χ0) is 19.4. The molecular formula is C19H30N4O4. The maximum Gasteiger partial charge on any atom is 0.412 e. The molecule has 27 heavy (non-hydrogen) atoms. The fourth-order valence-electron chi connectivity index (χ4n) is 3.18. The number of rotatable bonds is 5. The SMILES string of the molecule is CC1OC(N2CCC(NCc3cnccc3NC(=O)OC(C)(C)C)CC2)O1. The summed E-state index contributed by atoms with van der Waals surface area (Å²) in [5.41, 5.74) is 1.12. The molecule has 1 aromatic rings. The van der Waals surface area contributed by atoms with Gasteiger partial charge in [0.2, 0.25) is 6.41 Å². The van der Waals surface area contributed by atoms with E-state index in [1.165, 1.54) is 0 Å². The number of amides is 1. The molecule has 150 valence electrons. The van der Waals surface area contributed by atoms with Crippen LogP contribution in [-0.4, -0.2) is 53.4 Å². The van der Waals surface area contributed by atoms with Crippen molar-refractivity contribution in [1.82, 2.24) is 15.2 Å². The monoisotopic (exact) mass is 378 g/mol. The van der Waals surface area contributed by atoms with Crippen molar-refractivity contribution < 1.29 is 19.0 Å².